The van der Waals surface area contributed by atoms with Crippen LogP contribution in [0.15, 0.2) is 12.7 Å². The third-order valence-corrected chi connectivity index (χ3v) is 3.49. The van der Waals surface area contributed by atoms with Crippen LogP contribution in [0, 0.1) is 11.3 Å². The maximum atomic E-state index is 11.9. The van der Waals surface area contributed by atoms with Crippen molar-refractivity contribution in [3.8, 4) is 0 Å². The Balaban J connectivity index is 2.55. The first-order valence-electron chi connectivity index (χ1n) is 5.71. The monoisotopic (exact) mass is 194 g/mol. The van der Waals surface area contributed by atoms with Crippen LogP contribution in [0.1, 0.15) is 52.4 Å². The smallest absolute Gasteiger partial charge is 0.136 e. The summed E-state index contributed by atoms with van der Waals surface area (Å²) in [5.74, 6) is 0.755. The molecule has 0 aliphatic heterocycles. The lowest BCUT2D eigenvalue weighted by molar-refractivity contribution is -0.127. The molecule has 0 saturated heterocycles. The molecule has 0 N–H and O–H groups in total. The zero-order valence-electron chi connectivity index (χ0n) is 9.51. The van der Waals surface area contributed by atoms with Crippen LogP contribution in [0.5, 0.6) is 0 Å². The highest BCUT2D eigenvalue weighted by molar-refractivity contribution is 5.81. The number of carbonyl (C=O) groups excluding carboxylic acids is 1. The molecule has 1 aliphatic rings. The van der Waals surface area contributed by atoms with Crippen LogP contribution in [-0.4, -0.2) is 5.78 Å². The van der Waals surface area contributed by atoms with Gasteiger partial charge in [-0.05, 0) is 24.7 Å². The molecule has 1 atom stereocenters. The molecule has 1 nitrogen and oxygen atoms in total. The van der Waals surface area contributed by atoms with Gasteiger partial charge in [0, 0.05) is 12.3 Å². The van der Waals surface area contributed by atoms with E-state index >= 15 is 0 Å². The van der Waals surface area contributed by atoms with E-state index in [1.807, 2.05) is 6.08 Å². The van der Waals surface area contributed by atoms with Gasteiger partial charge in [0.1, 0.15) is 5.78 Å². The van der Waals surface area contributed by atoms with Crippen molar-refractivity contribution in [3.63, 3.8) is 0 Å². The predicted octanol–water partition coefficient (Wildman–Crippen LogP) is 3.74. The van der Waals surface area contributed by atoms with Crippen molar-refractivity contribution in [2.75, 3.05) is 0 Å². The van der Waals surface area contributed by atoms with Crippen molar-refractivity contribution < 1.29 is 4.79 Å². The maximum absolute atomic E-state index is 11.9. The molecule has 0 aromatic rings. The van der Waals surface area contributed by atoms with Gasteiger partial charge in [-0.15, -0.1) is 6.58 Å². The third-order valence-electron chi connectivity index (χ3n) is 3.49. The number of hydrogen-bond donors (Lipinski definition) is 0. The van der Waals surface area contributed by atoms with Crippen molar-refractivity contribution >= 4 is 5.78 Å². The highest BCUT2D eigenvalue weighted by Gasteiger charge is 2.36. The number of allylic oxidation sites excluding steroid dienone is 1. The van der Waals surface area contributed by atoms with Gasteiger partial charge in [-0.3, -0.25) is 4.79 Å². The van der Waals surface area contributed by atoms with E-state index in [9.17, 15) is 4.79 Å². The molecule has 0 spiro atoms. The Morgan fingerprint density at radius 3 is 2.79 bits per heavy atom. The minimum absolute atomic E-state index is 0.233. The molecule has 0 radical (unpaired) electrons. The molecule has 1 unspecified atom stereocenters. The SMILES string of the molecule is C=CCCC(=O)C1CCCCC1(C)C. The Labute approximate surface area is 87.6 Å². The molecule has 0 aromatic carbocycles. The van der Waals surface area contributed by atoms with Crippen LogP contribution >= 0.6 is 0 Å². The van der Waals surface area contributed by atoms with E-state index in [0.29, 0.717) is 18.1 Å². The van der Waals surface area contributed by atoms with Crippen molar-refractivity contribution in [1.82, 2.24) is 0 Å². The molecule has 1 fully saturated rings. The zero-order valence-corrected chi connectivity index (χ0v) is 9.51. The van der Waals surface area contributed by atoms with Crippen molar-refractivity contribution in [2.24, 2.45) is 11.3 Å². The number of hydrogen-bond acceptors (Lipinski definition) is 1. The minimum atomic E-state index is 0.233. The summed E-state index contributed by atoms with van der Waals surface area (Å²) in [6.45, 7) is 8.14. The Bertz CT molecular complexity index is 215. The zero-order chi connectivity index (χ0) is 10.6. The molecule has 1 aliphatic carbocycles. The Hall–Kier alpha value is -0.590. The van der Waals surface area contributed by atoms with Crippen LogP contribution < -0.4 is 0 Å². The van der Waals surface area contributed by atoms with E-state index in [4.69, 9.17) is 0 Å². The molecule has 1 saturated carbocycles. The molecular weight excluding hydrogens is 172 g/mol. The summed E-state index contributed by atoms with van der Waals surface area (Å²) in [6, 6.07) is 0. The second-order valence-electron chi connectivity index (χ2n) is 5.08. The van der Waals surface area contributed by atoms with Crippen LogP contribution in [0.2, 0.25) is 0 Å². The van der Waals surface area contributed by atoms with E-state index in [1.54, 1.807) is 0 Å². The first-order valence-corrected chi connectivity index (χ1v) is 5.71. The first-order chi connectivity index (χ1) is 6.58. The molecule has 0 amide bonds. The number of Topliss-reactive ketones (excluding diaryl/α,β-unsaturated/α-hetero) is 1. The molecule has 1 heteroatoms. The normalized spacial score (nSPS) is 25.7. The highest BCUT2D eigenvalue weighted by atomic mass is 16.1. The first kappa shape index (κ1) is 11.5. The lowest BCUT2D eigenvalue weighted by Gasteiger charge is -2.37. The maximum Gasteiger partial charge on any atom is 0.136 e. The third kappa shape index (κ3) is 2.70. The van der Waals surface area contributed by atoms with Gasteiger partial charge in [-0.1, -0.05) is 32.8 Å². The fourth-order valence-electron chi connectivity index (χ4n) is 2.51. The Morgan fingerprint density at radius 1 is 1.50 bits per heavy atom. The van der Waals surface area contributed by atoms with Gasteiger partial charge in [-0.2, -0.15) is 0 Å². The van der Waals surface area contributed by atoms with Gasteiger partial charge in [0.25, 0.3) is 0 Å². The van der Waals surface area contributed by atoms with Crippen molar-refractivity contribution in [1.29, 1.82) is 0 Å². The standard InChI is InChI=1S/C13H22O/c1-4-5-9-12(14)11-8-6-7-10-13(11,2)3/h4,11H,1,5-10H2,2-3H3. The second kappa shape index (κ2) is 4.77. The lowest BCUT2D eigenvalue weighted by atomic mass is 9.66. The quantitative estimate of drug-likeness (QED) is 0.623. The second-order valence-corrected chi connectivity index (χ2v) is 5.08. The van der Waals surface area contributed by atoms with E-state index in [-0.39, 0.29) is 5.41 Å². The van der Waals surface area contributed by atoms with E-state index in [0.717, 1.165) is 12.8 Å². The van der Waals surface area contributed by atoms with Crippen molar-refractivity contribution in [2.45, 2.75) is 52.4 Å². The Morgan fingerprint density at radius 2 is 2.21 bits per heavy atom. The van der Waals surface area contributed by atoms with Crippen LogP contribution in [0.3, 0.4) is 0 Å². The number of carbonyl (C=O) groups is 1. The van der Waals surface area contributed by atoms with Gasteiger partial charge in [0.2, 0.25) is 0 Å². The molecular formula is C13H22O. The van der Waals surface area contributed by atoms with E-state index in [2.05, 4.69) is 20.4 Å². The summed E-state index contributed by atoms with van der Waals surface area (Å²) >= 11 is 0. The average Bonchev–Trinajstić information content (AvgIpc) is 2.13. The Kier molecular flexibility index (Phi) is 3.91. The highest BCUT2D eigenvalue weighted by Crippen LogP contribution is 2.41. The van der Waals surface area contributed by atoms with Gasteiger partial charge < -0.3 is 0 Å². The van der Waals surface area contributed by atoms with E-state index < -0.39 is 0 Å². The molecule has 80 valence electrons. The van der Waals surface area contributed by atoms with Crippen LogP contribution in [0.4, 0.5) is 0 Å². The summed E-state index contributed by atoms with van der Waals surface area (Å²) in [6.07, 6.45) is 8.20. The molecule has 0 aromatic heterocycles. The largest absolute Gasteiger partial charge is 0.299 e. The fourth-order valence-corrected chi connectivity index (χ4v) is 2.51. The summed E-state index contributed by atoms with van der Waals surface area (Å²) in [5.41, 5.74) is 0.233. The summed E-state index contributed by atoms with van der Waals surface area (Å²) in [4.78, 5) is 11.9. The van der Waals surface area contributed by atoms with Gasteiger partial charge in [0.15, 0.2) is 0 Å². The van der Waals surface area contributed by atoms with Crippen LogP contribution in [-0.2, 0) is 4.79 Å². The molecule has 14 heavy (non-hydrogen) atoms. The number of rotatable bonds is 4. The van der Waals surface area contributed by atoms with Gasteiger partial charge >= 0.3 is 0 Å². The predicted molar refractivity (Wildman–Crippen MR) is 60.2 cm³/mol. The summed E-state index contributed by atoms with van der Waals surface area (Å²) in [7, 11) is 0. The average molecular weight is 194 g/mol. The van der Waals surface area contributed by atoms with Gasteiger partial charge in [0.05, 0.1) is 0 Å². The summed E-state index contributed by atoms with van der Waals surface area (Å²) < 4.78 is 0. The van der Waals surface area contributed by atoms with Gasteiger partial charge in [-0.25, -0.2) is 0 Å². The van der Waals surface area contributed by atoms with Crippen molar-refractivity contribution in [3.05, 3.63) is 12.7 Å². The van der Waals surface area contributed by atoms with Crippen LogP contribution in [0.25, 0.3) is 0 Å². The van der Waals surface area contributed by atoms with E-state index in [1.165, 1.54) is 19.3 Å². The fraction of sp³-hybridized carbons (Fsp3) is 0.769. The topological polar surface area (TPSA) is 17.1 Å². The minimum Gasteiger partial charge on any atom is -0.299 e. The lowest BCUT2D eigenvalue weighted by Crippen LogP contribution is -2.33. The molecule has 0 bridgehead atoms. The molecule has 0 heterocycles. The summed E-state index contributed by atoms with van der Waals surface area (Å²) in [5, 5.41) is 0. The number of ketones is 1. The molecule has 1 rings (SSSR count).